The van der Waals surface area contributed by atoms with Crippen LogP contribution in [0.2, 0.25) is 0 Å². The summed E-state index contributed by atoms with van der Waals surface area (Å²) < 4.78 is 39.0. The van der Waals surface area contributed by atoms with Crippen molar-refractivity contribution in [3.63, 3.8) is 0 Å². The van der Waals surface area contributed by atoms with Crippen molar-refractivity contribution in [3.05, 3.63) is 29.6 Å². The van der Waals surface area contributed by atoms with Crippen molar-refractivity contribution < 1.29 is 27.9 Å². The second-order valence-corrected chi connectivity index (χ2v) is 5.18. The van der Waals surface area contributed by atoms with Crippen molar-refractivity contribution in [2.75, 3.05) is 5.32 Å². The number of hydrogen-bond acceptors (Lipinski definition) is 2. The maximum Gasteiger partial charge on any atom is 0.303 e. The van der Waals surface area contributed by atoms with Crippen LogP contribution in [-0.4, -0.2) is 17.0 Å². The molecule has 1 rings (SSSR count). The van der Waals surface area contributed by atoms with Gasteiger partial charge in [-0.2, -0.15) is 0 Å². The van der Waals surface area contributed by atoms with E-state index in [2.05, 4.69) is 5.32 Å². The van der Waals surface area contributed by atoms with Crippen LogP contribution in [-0.2, 0) is 9.59 Å². The van der Waals surface area contributed by atoms with Crippen molar-refractivity contribution in [2.45, 2.75) is 26.7 Å². The molecule has 1 amide bonds. The molecule has 0 atom stereocenters. The van der Waals surface area contributed by atoms with Crippen LogP contribution in [0.25, 0.3) is 0 Å². The lowest BCUT2D eigenvalue weighted by Crippen LogP contribution is -2.25. The van der Waals surface area contributed by atoms with Crippen molar-refractivity contribution in [3.8, 4) is 0 Å². The van der Waals surface area contributed by atoms with Crippen LogP contribution in [0.15, 0.2) is 12.1 Å². The molecule has 0 aliphatic carbocycles. The van der Waals surface area contributed by atoms with Crippen LogP contribution in [0.4, 0.5) is 18.9 Å². The number of nitrogens with one attached hydrogen (secondary N) is 1. The summed E-state index contributed by atoms with van der Waals surface area (Å²) >= 11 is 0. The fourth-order valence-corrected chi connectivity index (χ4v) is 1.72. The van der Waals surface area contributed by atoms with Gasteiger partial charge in [0.1, 0.15) is 0 Å². The Bertz CT molecular complexity index is 544. The molecule has 0 fully saturated rings. The molecule has 0 saturated carbocycles. The molecule has 7 heteroatoms. The normalized spacial score (nSPS) is 11.2. The van der Waals surface area contributed by atoms with Crippen molar-refractivity contribution >= 4 is 17.6 Å². The summed E-state index contributed by atoms with van der Waals surface area (Å²) in [6.45, 7) is 3.12. The first-order valence-electron chi connectivity index (χ1n) is 5.77. The topological polar surface area (TPSA) is 66.4 Å². The number of carbonyl (C=O) groups is 2. The highest BCUT2D eigenvalue weighted by Gasteiger charge is 2.26. The molecule has 0 aromatic heterocycles. The molecule has 1 aromatic carbocycles. The molecular formula is C13H14F3NO3. The predicted octanol–water partition coefficient (Wildman–Crippen LogP) is 2.93. The Balaban J connectivity index is 2.77. The monoisotopic (exact) mass is 289 g/mol. The maximum absolute atomic E-state index is 13.3. The predicted molar refractivity (Wildman–Crippen MR) is 65.6 cm³/mol. The highest BCUT2D eigenvalue weighted by Crippen LogP contribution is 2.26. The van der Waals surface area contributed by atoms with E-state index in [4.69, 9.17) is 5.11 Å². The highest BCUT2D eigenvalue weighted by molar-refractivity contribution is 5.91. The Labute approximate surface area is 113 Å². The number of carboxylic acids is 1. The zero-order valence-electron chi connectivity index (χ0n) is 11.0. The van der Waals surface area contributed by atoms with Gasteiger partial charge in [-0.25, -0.2) is 13.2 Å². The summed E-state index contributed by atoms with van der Waals surface area (Å²) in [5, 5.41) is 10.8. The average molecular weight is 289 g/mol. The molecule has 0 radical (unpaired) electrons. The van der Waals surface area contributed by atoms with Gasteiger partial charge in [0.2, 0.25) is 5.91 Å². The standard InChI is InChI=1S/C13H14F3NO3/c1-13(2,6-10(19)20)5-9(18)17-8-4-3-7(14)11(15)12(8)16/h3-4H,5-6H2,1-2H3,(H,17,18)(H,19,20). The molecule has 0 heterocycles. The fraction of sp³-hybridized carbons (Fsp3) is 0.385. The molecule has 0 spiro atoms. The van der Waals surface area contributed by atoms with Crippen LogP contribution in [0.5, 0.6) is 0 Å². The Morgan fingerprint density at radius 3 is 2.30 bits per heavy atom. The molecule has 0 unspecified atom stereocenters. The summed E-state index contributed by atoms with van der Waals surface area (Å²) in [4.78, 5) is 22.3. The van der Waals surface area contributed by atoms with E-state index in [1.807, 2.05) is 0 Å². The number of halogens is 3. The lowest BCUT2D eigenvalue weighted by atomic mass is 9.85. The van der Waals surface area contributed by atoms with Crippen molar-refractivity contribution in [2.24, 2.45) is 5.41 Å². The SMILES string of the molecule is CC(C)(CC(=O)O)CC(=O)Nc1ccc(F)c(F)c1F. The molecule has 0 saturated heterocycles. The Kier molecular flexibility index (Phi) is 4.75. The second kappa shape index (κ2) is 5.94. The van der Waals surface area contributed by atoms with Gasteiger partial charge in [0.25, 0.3) is 0 Å². The first kappa shape index (κ1) is 16.0. The molecule has 2 N–H and O–H groups in total. The van der Waals surface area contributed by atoms with E-state index in [1.54, 1.807) is 13.8 Å². The van der Waals surface area contributed by atoms with Crippen LogP contribution in [0.3, 0.4) is 0 Å². The van der Waals surface area contributed by atoms with Gasteiger partial charge in [0, 0.05) is 6.42 Å². The van der Waals surface area contributed by atoms with Gasteiger partial charge in [-0.15, -0.1) is 0 Å². The number of rotatable bonds is 5. The summed E-state index contributed by atoms with van der Waals surface area (Å²) in [6.07, 6.45) is -0.446. The minimum absolute atomic E-state index is 0.197. The van der Waals surface area contributed by atoms with E-state index >= 15 is 0 Å². The molecule has 0 bridgehead atoms. The Morgan fingerprint density at radius 1 is 1.15 bits per heavy atom. The summed E-state index contributed by atoms with van der Waals surface area (Å²) in [5.74, 6) is -6.27. The number of aliphatic carboxylic acids is 1. The number of hydrogen-bond donors (Lipinski definition) is 2. The van der Waals surface area contributed by atoms with Gasteiger partial charge in [-0.1, -0.05) is 13.8 Å². The first-order chi connectivity index (χ1) is 9.12. The third-order valence-corrected chi connectivity index (χ3v) is 2.58. The van der Waals surface area contributed by atoms with Gasteiger partial charge in [-0.3, -0.25) is 9.59 Å². The third-order valence-electron chi connectivity index (χ3n) is 2.58. The number of carboxylic acid groups (broad SMARTS) is 1. The van der Waals surface area contributed by atoms with E-state index in [-0.39, 0.29) is 12.8 Å². The van der Waals surface area contributed by atoms with Crippen LogP contribution >= 0.6 is 0 Å². The average Bonchev–Trinajstić information content (AvgIpc) is 2.27. The highest BCUT2D eigenvalue weighted by atomic mass is 19.2. The molecule has 110 valence electrons. The van der Waals surface area contributed by atoms with E-state index < -0.39 is 40.4 Å². The number of anilines is 1. The number of amides is 1. The lowest BCUT2D eigenvalue weighted by Gasteiger charge is -2.21. The van der Waals surface area contributed by atoms with Crippen molar-refractivity contribution in [1.82, 2.24) is 0 Å². The van der Waals surface area contributed by atoms with Gasteiger partial charge in [0.15, 0.2) is 17.5 Å². The van der Waals surface area contributed by atoms with E-state index in [0.717, 1.165) is 6.07 Å². The fourth-order valence-electron chi connectivity index (χ4n) is 1.72. The summed E-state index contributed by atoms with van der Waals surface area (Å²) in [6, 6.07) is 1.59. The van der Waals surface area contributed by atoms with E-state index in [0.29, 0.717) is 6.07 Å². The van der Waals surface area contributed by atoms with E-state index in [1.165, 1.54) is 0 Å². The Hall–Kier alpha value is -2.05. The van der Waals surface area contributed by atoms with Crippen LogP contribution in [0.1, 0.15) is 26.7 Å². The zero-order chi connectivity index (χ0) is 15.5. The quantitative estimate of drug-likeness (QED) is 0.819. The molecule has 1 aromatic rings. The zero-order valence-corrected chi connectivity index (χ0v) is 11.0. The minimum atomic E-state index is -1.67. The first-order valence-corrected chi connectivity index (χ1v) is 5.77. The molecular weight excluding hydrogens is 275 g/mol. The van der Waals surface area contributed by atoms with E-state index in [9.17, 15) is 22.8 Å². The number of benzene rings is 1. The Morgan fingerprint density at radius 2 is 1.75 bits per heavy atom. The van der Waals surface area contributed by atoms with Crippen molar-refractivity contribution in [1.29, 1.82) is 0 Å². The molecule has 4 nitrogen and oxygen atoms in total. The lowest BCUT2D eigenvalue weighted by molar-refractivity contribution is -0.139. The maximum atomic E-state index is 13.3. The smallest absolute Gasteiger partial charge is 0.303 e. The molecule has 20 heavy (non-hydrogen) atoms. The number of carbonyl (C=O) groups excluding carboxylic acids is 1. The van der Waals surface area contributed by atoms with Gasteiger partial charge in [0.05, 0.1) is 12.1 Å². The van der Waals surface area contributed by atoms with Crippen LogP contribution < -0.4 is 5.32 Å². The van der Waals surface area contributed by atoms with Crippen LogP contribution in [0, 0.1) is 22.9 Å². The third kappa shape index (κ3) is 4.25. The second-order valence-electron chi connectivity index (χ2n) is 5.18. The van der Waals surface area contributed by atoms with Gasteiger partial charge < -0.3 is 10.4 Å². The van der Waals surface area contributed by atoms with Gasteiger partial charge >= 0.3 is 5.97 Å². The molecule has 0 aliphatic rings. The molecule has 0 aliphatic heterocycles. The van der Waals surface area contributed by atoms with Gasteiger partial charge in [-0.05, 0) is 17.5 Å². The summed E-state index contributed by atoms with van der Waals surface area (Å²) in [5.41, 5.74) is -1.33. The summed E-state index contributed by atoms with van der Waals surface area (Å²) in [7, 11) is 0. The minimum Gasteiger partial charge on any atom is -0.481 e. The largest absolute Gasteiger partial charge is 0.481 e.